The number of allylic oxidation sites excluding steroid dienone is 1. The molecule has 0 saturated carbocycles. The quantitative estimate of drug-likeness (QED) is 0.455. The first-order chi connectivity index (χ1) is 12.7. The second-order valence-electron chi connectivity index (χ2n) is 5.75. The first kappa shape index (κ1) is 18.2. The fourth-order valence-corrected chi connectivity index (χ4v) is 3.39. The SMILES string of the molecule is C=CCOC(=O)C1=C(C)Nc2nc(SCCC)nn2C1c1cccnc1. The van der Waals surface area contributed by atoms with Crippen LogP contribution < -0.4 is 5.32 Å². The molecule has 0 bridgehead atoms. The van der Waals surface area contributed by atoms with Gasteiger partial charge in [-0.3, -0.25) is 4.98 Å². The zero-order valence-electron chi connectivity index (χ0n) is 14.8. The van der Waals surface area contributed by atoms with Gasteiger partial charge in [0, 0.05) is 23.8 Å². The first-order valence-corrected chi connectivity index (χ1v) is 9.39. The van der Waals surface area contributed by atoms with Crippen LogP contribution in [-0.4, -0.2) is 38.1 Å². The minimum atomic E-state index is -0.444. The second kappa shape index (κ2) is 8.18. The van der Waals surface area contributed by atoms with Crippen LogP contribution in [-0.2, 0) is 9.53 Å². The molecule has 0 fully saturated rings. The van der Waals surface area contributed by atoms with Crippen LogP contribution >= 0.6 is 11.8 Å². The molecule has 7 nitrogen and oxygen atoms in total. The number of nitrogens with zero attached hydrogens (tertiary/aromatic N) is 4. The number of pyridine rings is 1. The van der Waals surface area contributed by atoms with Crippen molar-refractivity contribution in [2.24, 2.45) is 0 Å². The molecule has 1 atom stereocenters. The van der Waals surface area contributed by atoms with Crippen LogP contribution in [0.2, 0.25) is 0 Å². The van der Waals surface area contributed by atoms with Gasteiger partial charge in [0.1, 0.15) is 12.6 Å². The lowest BCUT2D eigenvalue weighted by Gasteiger charge is -2.27. The fourth-order valence-electron chi connectivity index (χ4n) is 2.71. The number of carbonyl (C=O) groups is 1. The number of fused-ring (bicyclic) bond motifs is 1. The van der Waals surface area contributed by atoms with Gasteiger partial charge in [0.2, 0.25) is 11.1 Å². The minimum Gasteiger partial charge on any atom is -0.458 e. The average molecular weight is 371 g/mol. The van der Waals surface area contributed by atoms with Crippen LogP contribution in [0.25, 0.3) is 0 Å². The Labute approximate surface area is 156 Å². The molecule has 1 aliphatic rings. The van der Waals surface area contributed by atoms with Gasteiger partial charge >= 0.3 is 5.97 Å². The average Bonchev–Trinajstić information content (AvgIpc) is 3.06. The van der Waals surface area contributed by atoms with Gasteiger partial charge in [0.25, 0.3) is 0 Å². The third-order valence-corrected chi connectivity index (χ3v) is 4.86. The molecule has 0 aliphatic carbocycles. The summed E-state index contributed by atoms with van der Waals surface area (Å²) in [7, 11) is 0. The molecule has 0 radical (unpaired) electrons. The Hall–Kier alpha value is -2.61. The molecule has 3 heterocycles. The predicted octanol–water partition coefficient (Wildman–Crippen LogP) is 3.19. The normalized spacial score (nSPS) is 16.0. The molecule has 1 unspecified atom stereocenters. The maximum atomic E-state index is 12.7. The Kier molecular flexibility index (Phi) is 5.72. The van der Waals surface area contributed by atoms with Crippen molar-refractivity contribution in [1.82, 2.24) is 19.7 Å². The molecule has 26 heavy (non-hydrogen) atoms. The second-order valence-corrected chi connectivity index (χ2v) is 6.81. The summed E-state index contributed by atoms with van der Waals surface area (Å²) in [6, 6.07) is 3.31. The number of rotatable bonds is 7. The van der Waals surface area contributed by atoms with E-state index in [9.17, 15) is 4.79 Å². The number of esters is 1. The smallest absolute Gasteiger partial charge is 0.338 e. The lowest BCUT2D eigenvalue weighted by atomic mass is 9.97. The maximum absolute atomic E-state index is 12.7. The van der Waals surface area contributed by atoms with Crippen molar-refractivity contribution < 1.29 is 9.53 Å². The van der Waals surface area contributed by atoms with E-state index < -0.39 is 12.0 Å². The summed E-state index contributed by atoms with van der Waals surface area (Å²) in [5.41, 5.74) is 2.03. The standard InChI is InChI=1S/C18H21N5O2S/c1-4-9-25-16(24)14-12(3)20-17-21-18(26-10-5-2)22-23(17)15(14)13-7-6-8-19-11-13/h4,6-8,11,15H,1,5,9-10H2,2-3H3,(H,20,21,22). The molecule has 0 saturated heterocycles. The Morgan fingerprint density at radius 3 is 3.08 bits per heavy atom. The van der Waals surface area contributed by atoms with E-state index in [2.05, 4.69) is 33.9 Å². The number of ether oxygens (including phenoxy) is 1. The lowest BCUT2D eigenvalue weighted by Crippen LogP contribution is -2.29. The van der Waals surface area contributed by atoms with Gasteiger partial charge in [-0.15, -0.1) is 5.10 Å². The molecule has 2 aromatic heterocycles. The van der Waals surface area contributed by atoms with Crippen LogP contribution in [0.5, 0.6) is 0 Å². The number of thioether (sulfide) groups is 1. The molecule has 8 heteroatoms. The Bertz CT molecular complexity index is 831. The highest BCUT2D eigenvalue weighted by atomic mass is 32.2. The highest BCUT2D eigenvalue weighted by molar-refractivity contribution is 7.99. The highest BCUT2D eigenvalue weighted by Crippen LogP contribution is 2.36. The largest absolute Gasteiger partial charge is 0.458 e. The van der Waals surface area contributed by atoms with E-state index in [4.69, 9.17) is 4.74 Å². The number of carbonyl (C=O) groups excluding carboxylic acids is 1. The first-order valence-electron chi connectivity index (χ1n) is 8.40. The van der Waals surface area contributed by atoms with E-state index in [0.29, 0.717) is 22.4 Å². The van der Waals surface area contributed by atoms with Gasteiger partial charge in [0.15, 0.2) is 0 Å². The van der Waals surface area contributed by atoms with E-state index >= 15 is 0 Å². The molecular weight excluding hydrogens is 350 g/mol. The van der Waals surface area contributed by atoms with E-state index in [1.807, 2.05) is 19.1 Å². The van der Waals surface area contributed by atoms with Crippen LogP contribution in [0.15, 0.2) is 53.6 Å². The third kappa shape index (κ3) is 3.65. The van der Waals surface area contributed by atoms with Gasteiger partial charge in [-0.1, -0.05) is 37.4 Å². The Morgan fingerprint density at radius 1 is 1.54 bits per heavy atom. The van der Waals surface area contributed by atoms with Gasteiger partial charge in [-0.2, -0.15) is 4.98 Å². The number of hydrogen-bond donors (Lipinski definition) is 1. The topological polar surface area (TPSA) is 81.9 Å². The van der Waals surface area contributed by atoms with Crippen LogP contribution in [0.4, 0.5) is 5.95 Å². The monoisotopic (exact) mass is 371 g/mol. The van der Waals surface area contributed by atoms with Crippen molar-refractivity contribution in [3.8, 4) is 0 Å². The van der Waals surface area contributed by atoms with Crippen LogP contribution in [0.3, 0.4) is 0 Å². The Morgan fingerprint density at radius 2 is 2.38 bits per heavy atom. The van der Waals surface area contributed by atoms with E-state index in [1.165, 1.54) is 0 Å². The van der Waals surface area contributed by atoms with Crippen molar-refractivity contribution in [3.63, 3.8) is 0 Å². The fraction of sp³-hybridized carbons (Fsp3) is 0.333. The number of aromatic nitrogens is 4. The van der Waals surface area contributed by atoms with E-state index in [0.717, 1.165) is 17.7 Å². The number of nitrogens with one attached hydrogen (secondary N) is 1. The van der Waals surface area contributed by atoms with Gasteiger partial charge in [0.05, 0.1) is 5.57 Å². The van der Waals surface area contributed by atoms with Gasteiger partial charge in [-0.25, -0.2) is 9.48 Å². The maximum Gasteiger partial charge on any atom is 0.338 e. The van der Waals surface area contributed by atoms with Crippen molar-refractivity contribution in [1.29, 1.82) is 0 Å². The highest BCUT2D eigenvalue weighted by Gasteiger charge is 2.35. The molecule has 1 N–H and O–H groups in total. The number of anilines is 1. The van der Waals surface area contributed by atoms with Crippen molar-refractivity contribution >= 4 is 23.7 Å². The Balaban J connectivity index is 2.04. The molecule has 136 valence electrons. The zero-order valence-corrected chi connectivity index (χ0v) is 15.6. The van der Waals surface area contributed by atoms with Crippen LogP contribution in [0, 0.1) is 0 Å². The van der Waals surface area contributed by atoms with E-state index in [-0.39, 0.29) is 6.61 Å². The summed E-state index contributed by atoms with van der Waals surface area (Å²) in [5.74, 6) is 1.13. The predicted molar refractivity (Wildman–Crippen MR) is 101 cm³/mol. The summed E-state index contributed by atoms with van der Waals surface area (Å²) in [6.07, 6.45) is 6.00. The zero-order chi connectivity index (χ0) is 18.5. The summed E-state index contributed by atoms with van der Waals surface area (Å²) in [6.45, 7) is 7.69. The van der Waals surface area contributed by atoms with Crippen molar-refractivity contribution in [2.45, 2.75) is 31.5 Å². The summed E-state index contributed by atoms with van der Waals surface area (Å²) >= 11 is 1.59. The summed E-state index contributed by atoms with van der Waals surface area (Å²) in [5, 5.41) is 8.46. The summed E-state index contributed by atoms with van der Waals surface area (Å²) < 4.78 is 7.03. The molecule has 3 rings (SSSR count). The van der Waals surface area contributed by atoms with Crippen LogP contribution in [0.1, 0.15) is 31.9 Å². The summed E-state index contributed by atoms with van der Waals surface area (Å²) in [4.78, 5) is 21.4. The minimum absolute atomic E-state index is 0.150. The van der Waals surface area contributed by atoms with Gasteiger partial charge in [-0.05, 0) is 25.0 Å². The molecule has 0 aromatic carbocycles. The molecule has 1 aliphatic heterocycles. The molecule has 0 amide bonds. The van der Waals surface area contributed by atoms with Gasteiger partial charge < -0.3 is 10.1 Å². The van der Waals surface area contributed by atoms with Crippen molar-refractivity contribution in [2.75, 3.05) is 17.7 Å². The van der Waals surface area contributed by atoms with E-state index in [1.54, 1.807) is 34.9 Å². The third-order valence-electron chi connectivity index (χ3n) is 3.82. The lowest BCUT2D eigenvalue weighted by molar-refractivity contribution is -0.138. The van der Waals surface area contributed by atoms with Crippen molar-refractivity contribution in [3.05, 3.63) is 54.0 Å². The number of hydrogen-bond acceptors (Lipinski definition) is 7. The molecule has 2 aromatic rings. The molecular formula is C18H21N5O2S. The molecule has 0 spiro atoms.